The van der Waals surface area contributed by atoms with Gasteiger partial charge in [0, 0.05) is 23.3 Å². The number of hydrogen-bond donors (Lipinski definition) is 0. The van der Waals surface area contributed by atoms with Crippen molar-refractivity contribution in [1.82, 2.24) is 9.38 Å². The number of carbonyl (C=O) groups is 1. The van der Waals surface area contributed by atoms with E-state index in [1.54, 1.807) is 11.3 Å². The summed E-state index contributed by atoms with van der Waals surface area (Å²) in [6.07, 6.45) is 7.77. The van der Waals surface area contributed by atoms with Gasteiger partial charge < -0.3 is 0 Å². The van der Waals surface area contributed by atoms with Gasteiger partial charge >= 0.3 is 0 Å². The Balaban J connectivity index is 1.59. The van der Waals surface area contributed by atoms with E-state index in [2.05, 4.69) is 17.1 Å². The Morgan fingerprint density at radius 1 is 1.30 bits per heavy atom. The number of thiazole rings is 1. The standard InChI is InChI=1S/C16H14N2OS/c19-15(9-14-10-18-6-7-20-16(18)17-14)13-5-4-11-2-1-3-12(11)8-13/h4-8,10H,1-3,9H2. The fourth-order valence-electron chi connectivity index (χ4n) is 2.87. The molecular weight excluding hydrogens is 268 g/mol. The van der Waals surface area contributed by atoms with Gasteiger partial charge in [0.25, 0.3) is 0 Å². The monoisotopic (exact) mass is 282 g/mol. The molecule has 2 aromatic heterocycles. The van der Waals surface area contributed by atoms with Crippen molar-refractivity contribution in [2.75, 3.05) is 0 Å². The summed E-state index contributed by atoms with van der Waals surface area (Å²) in [6.45, 7) is 0. The van der Waals surface area contributed by atoms with E-state index in [1.165, 1.54) is 17.5 Å². The third-order valence-electron chi connectivity index (χ3n) is 3.91. The number of hydrogen-bond acceptors (Lipinski definition) is 3. The lowest BCUT2D eigenvalue weighted by atomic mass is 10.0. The fraction of sp³-hybridized carbons (Fsp3) is 0.250. The summed E-state index contributed by atoms with van der Waals surface area (Å²) in [5.74, 6) is 0.158. The maximum Gasteiger partial charge on any atom is 0.193 e. The van der Waals surface area contributed by atoms with E-state index in [1.807, 2.05) is 28.2 Å². The molecule has 0 amide bonds. The van der Waals surface area contributed by atoms with Crippen molar-refractivity contribution >= 4 is 22.1 Å². The van der Waals surface area contributed by atoms with E-state index >= 15 is 0 Å². The van der Waals surface area contributed by atoms with Crippen LogP contribution in [0.1, 0.15) is 33.6 Å². The van der Waals surface area contributed by atoms with Crippen LogP contribution in [0, 0.1) is 0 Å². The van der Waals surface area contributed by atoms with Crippen LogP contribution >= 0.6 is 11.3 Å². The van der Waals surface area contributed by atoms with Crippen LogP contribution in [0.3, 0.4) is 0 Å². The van der Waals surface area contributed by atoms with Gasteiger partial charge in [-0.2, -0.15) is 0 Å². The van der Waals surface area contributed by atoms with E-state index in [0.29, 0.717) is 6.42 Å². The SMILES string of the molecule is O=C(Cc1cn2ccsc2n1)c1ccc2c(c1)CCC2. The topological polar surface area (TPSA) is 34.4 Å². The predicted octanol–water partition coefficient (Wildman–Crippen LogP) is 3.31. The van der Waals surface area contributed by atoms with Gasteiger partial charge in [-0.1, -0.05) is 12.1 Å². The molecule has 1 aromatic carbocycles. The summed E-state index contributed by atoms with van der Waals surface area (Å²) in [5.41, 5.74) is 4.43. The number of aryl methyl sites for hydroxylation is 2. The van der Waals surface area contributed by atoms with Gasteiger partial charge in [0.15, 0.2) is 10.7 Å². The molecule has 4 rings (SSSR count). The second-order valence-corrected chi connectivity index (χ2v) is 6.14. The van der Waals surface area contributed by atoms with Crippen molar-refractivity contribution in [3.8, 4) is 0 Å². The van der Waals surface area contributed by atoms with Crippen LogP contribution in [0.5, 0.6) is 0 Å². The Labute approximate surface area is 120 Å². The first-order chi connectivity index (χ1) is 9.79. The molecule has 4 heteroatoms. The Hall–Kier alpha value is -1.94. The molecule has 0 atom stereocenters. The summed E-state index contributed by atoms with van der Waals surface area (Å²) in [5, 5.41) is 1.99. The lowest BCUT2D eigenvalue weighted by Gasteiger charge is -2.03. The highest BCUT2D eigenvalue weighted by molar-refractivity contribution is 7.15. The molecule has 0 saturated heterocycles. The second-order valence-electron chi connectivity index (χ2n) is 5.26. The van der Waals surface area contributed by atoms with Crippen LogP contribution in [-0.4, -0.2) is 15.2 Å². The lowest BCUT2D eigenvalue weighted by Crippen LogP contribution is -2.04. The minimum absolute atomic E-state index is 0.158. The van der Waals surface area contributed by atoms with Crippen LogP contribution in [0.15, 0.2) is 36.0 Å². The smallest absolute Gasteiger partial charge is 0.193 e. The number of aromatic nitrogens is 2. The summed E-state index contributed by atoms with van der Waals surface area (Å²) in [4.78, 5) is 17.8. The summed E-state index contributed by atoms with van der Waals surface area (Å²) < 4.78 is 1.97. The molecule has 1 aliphatic rings. The second kappa shape index (κ2) is 4.56. The highest BCUT2D eigenvalue weighted by Crippen LogP contribution is 2.23. The van der Waals surface area contributed by atoms with Gasteiger partial charge in [-0.3, -0.25) is 9.20 Å². The zero-order chi connectivity index (χ0) is 13.5. The molecule has 1 aliphatic carbocycles. The van der Waals surface area contributed by atoms with Crippen molar-refractivity contribution in [2.24, 2.45) is 0 Å². The molecule has 0 bridgehead atoms. The van der Waals surface area contributed by atoms with Crippen molar-refractivity contribution in [3.05, 3.63) is 58.4 Å². The Morgan fingerprint density at radius 2 is 2.20 bits per heavy atom. The Bertz CT molecular complexity index is 771. The highest BCUT2D eigenvalue weighted by atomic mass is 32.1. The number of imidazole rings is 1. The molecule has 3 nitrogen and oxygen atoms in total. The molecule has 3 aromatic rings. The van der Waals surface area contributed by atoms with E-state index in [-0.39, 0.29) is 5.78 Å². The van der Waals surface area contributed by atoms with E-state index in [4.69, 9.17) is 0 Å². The number of Topliss-reactive ketones (excluding diaryl/α,β-unsaturated/α-hetero) is 1. The number of fused-ring (bicyclic) bond motifs is 2. The molecule has 100 valence electrons. The third-order valence-corrected chi connectivity index (χ3v) is 4.68. The van der Waals surface area contributed by atoms with Crippen molar-refractivity contribution in [2.45, 2.75) is 25.7 Å². The largest absolute Gasteiger partial charge is 0.297 e. The van der Waals surface area contributed by atoms with Gasteiger partial charge in [-0.05, 0) is 36.5 Å². The number of rotatable bonds is 3. The quantitative estimate of drug-likeness (QED) is 0.691. The van der Waals surface area contributed by atoms with Crippen LogP contribution in [0.2, 0.25) is 0 Å². The number of carbonyl (C=O) groups excluding carboxylic acids is 1. The minimum atomic E-state index is 0.158. The molecule has 0 aliphatic heterocycles. The molecule has 0 unspecified atom stereocenters. The summed E-state index contributed by atoms with van der Waals surface area (Å²) in [6, 6.07) is 6.15. The number of benzene rings is 1. The van der Waals surface area contributed by atoms with Gasteiger partial charge in [0.05, 0.1) is 12.1 Å². The maximum atomic E-state index is 12.4. The van der Waals surface area contributed by atoms with Crippen molar-refractivity contribution < 1.29 is 4.79 Å². The van der Waals surface area contributed by atoms with Gasteiger partial charge in [0.1, 0.15) is 0 Å². The first kappa shape index (κ1) is 11.9. The van der Waals surface area contributed by atoms with E-state index in [9.17, 15) is 4.79 Å². The average Bonchev–Trinajstić information content (AvgIpc) is 3.11. The van der Waals surface area contributed by atoms with E-state index in [0.717, 1.165) is 29.1 Å². The van der Waals surface area contributed by atoms with Crippen LogP contribution < -0.4 is 0 Å². The van der Waals surface area contributed by atoms with Crippen molar-refractivity contribution in [1.29, 1.82) is 0 Å². The minimum Gasteiger partial charge on any atom is -0.297 e. The number of ketones is 1. The lowest BCUT2D eigenvalue weighted by molar-refractivity contribution is 0.0992. The molecular formula is C16H14N2OS. The average molecular weight is 282 g/mol. The third kappa shape index (κ3) is 1.96. The first-order valence-corrected chi connectivity index (χ1v) is 7.74. The Morgan fingerprint density at radius 3 is 3.10 bits per heavy atom. The zero-order valence-electron chi connectivity index (χ0n) is 11.0. The number of nitrogens with zero attached hydrogens (tertiary/aromatic N) is 2. The van der Waals surface area contributed by atoms with Gasteiger partial charge in [0.2, 0.25) is 0 Å². The van der Waals surface area contributed by atoms with Gasteiger partial charge in [-0.15, -0.1) is 11.3 Å². The summed E-state index contributed by atoms with van der Waals surface area (Å²) in [7, 11) is 0. The molecule has 0 radical (unpaired) electrons. The maximum absolute atomic E-state index is 12.4. The Kier molecular flexibility index (Phi) is 2.70. The van der Waals surface area contributed by atoms with Crippen LogP contribution in [-0.2, 0) is 19.3 Å². The molecule has 0 spiro atoms. The molecule has 0 fully saturated rings. The van der Waals surface area contributed by atoms with Gasteiger partial charge in [-0.25, -0.2) is 4.98 Å². The molecule has 0 saturated carbocycles. The van der Waals surface area contributed by atoms with E-state index < -0.39 is 0 Å². The predicted molar refractivity (Wildman–Crippen MR) is 79.6 cm³/mol. The normalized spacial score (nSPS) is 13.8. The summed E-state index contributed by atoms with van der Waals surface area (Å²) >= 11 is 1.59. The first-order valence-electron chi connectivity index (χ1n) is 6.86. The zero-order valence-corrected chi connectivity index (χ0v) is 11.8. The van der Waals surface area contributed by atoms with Crippen LogP contribution in [0.25, 0.3) is 4.96 Å². The highest BCUT2D eigenvalue weighted by Gasteiger charge is 2.15. The molecule has 20 heavy (non-hydrogen) atoms. The van der Waals surface area contributed by atoms with Crippen LogP contribution in [0.4, 0.5) is 0 Å². The molecule has 2 heterocycles. The molecule has 0 N–H and O–H groups in total. The fourth-order valence-corrected chi connectivity index (χ4v) is 3.59. The van der Waals surface area contributed by atoms with Crippen molar-refractivity contribution in [3.63, 3.8) is 0 Å².